The molecular weight excluding hydrogens is 346 g/mol. The van der Waals surface area contributed by atoms with Crippen LogP contribution in [0.15, 0.2) is 16.7 Å². The third-order valence-corrected chi connectivity index (χ3v) is 4.36. The summed E-state index contributed by atoms with van der Waals surface area (Å²) >= 11 is 3.41. The number of aromatic nitrogens is 4. The number of amides is 1. The molecule has 1 unspecified atom stereocenters. The van der Waals surface area contributed by atoms with Gasteiger partial charge < -0.3 is 5.32 Å². The predicted octanol–water partition coefficient (Wildman–Crippen LogP) is 2.53. The first-order chi connectivity index (χ1) is 10.4. The molecular formula is C15H22BrN5O. The summed E-state index contributed by atoms with van der Waals surface area (Å²) in [5.74, 6) is -0.0247. The fraction of sp³-hybridized carbons (Fsp3) is 0.533. The van der Waals surface area contributed by atoms with Crippen LogP contribution in [0.1, 0.15) is 36.5 Å². The van der Waals surface area contributed by atoms with Crippen LogP contribution >= 0.6 is 15.9 Å². The zero-order chi connectivity index (χ0) is 16.3. The molecule has 6 nitrogen and oxygen atoms in total. The Morgan fingerprint density at radius 1 is 1.36 bits per heavy atom. The minimum atomic E-state index is -0.321. The van der Waals surface area contributed by atoms with Gasteiger partial charge in [-0.05, 0) is 56.1 Å². The molecule has 2 aromatic rings. The molecule has 7 heteroatoms. The second-order valence-electron chi connectivity index (χ2n) is 5.51. The van der Waals surface area contributed by atoms with Gasteiger partial charge in [-0.15, -0.1) is 0 Å². The van der Waals surface area contributed by atoms with Gasteiger partial charge in [0.15, 0.2) is 0 Å². The van der Waals surface area contributed by atoms with Crippen LogP contribution < -0.4 is 5.32 Å². The van der Waals surface area contributed by atoms with E-state index in [0.717, 1.165) is 34.5 Å². The van der Waals surface area contributed by atoms with Crippen molar-refractivity contribution in [2.75, 3.05) is 6.54 Å². The first-order valence-corrected chi connectivity index (χ1v) is 8.18. The Labute approximate surface area is 139 Å². The van der Waals surface area contributed by atoms with Gasteiger partial charge in [-0.25, -0.2) is 0 Å². The molecule has 0 spiro atoms. The smallest absolute Gasteiger partial charge is 0.244 e. The van der Waals surface area contributed by atoms with E-state index < -0.39 is 0 Å². The molecule has 2 aromatic heterocycles. The molecule has 0 saturated carbocycles. The number of rotatable bonds is 6. The van der Waals surface area contributed by atoms with Gasteiger partial charge in [-0.3, -0.25) is 14.2 Å². The molecule has 22 heavy (non-hydrogen) atoms. The zero-order valence-electron chi connectivity index (χ0n) is 13.4. The van der Waals surface area contributed by atoms with Crippen molar-refractivity contribution in [1.82, 2.24) is 24.9 Å². The maximum Gasteiger partial charge on any atom is 0.244 e. The molecule has 0 aliphatic rings. The summed E-state index contributed by atoms with van der Waals surface area (Å²) in [5.41, 5.74) is 3.05. The normalized spacial score (nSPS) is 12.4. The van der Waals surface area contributed by atoms with E-state index in [1.807, 2.05) is 38.6 Å². The lowest BCUT2D eigenvalue weighted by Gasteiger charge is -2.13. The Morgan fingerprint density at radius 2 is 2.09 bits per heavy atom. The van der Waals surface area contributed by atoms with Crippen LogP contribution in [0.5, 0.6) is 0 Å². The summed E-state index contributed by atoms with van der Waals surface area (Å²) in [6, 6.07) is 1.73. The Bertz CT molecular complexity index is 641. The van der Waals surface area contributed by atoms with Crippen LogP contribution in [0.4, 0.5) is 0 Å². The van der Waals surface area contributed by atoms with E-state index in [4.69, 9.17) is 0 Å². The van der Waals surface area contributed by atoms with E-state index >= 15 is 0 Å². The van der Waals surface area contributed by atoms with Crippen molar-refractivity contribution in [2.45, 2.75) is 46.7 Å². The van der Waals surface area contributed by atoms with Crippen molar-refractivity contribution in [2.24, 2.45) is 0 Å². The quantitative estimate of drug-likeness (QED) is 0.797. The summed E-state index contributed by atoms with van der Waals surface area (Å²) in [6.07, 6.45) is 2.68. The van der Waals surface area contributed by atoms with E-state index in [1.165, 1.54) is 0 Å². The number of hydrogen-bond donors (Lipinski definition) is 1. The van der Waals surface area contributed by atoms with Gasteiger partial charge >= 0.3 is 0 Å². The second-order valence-corrected chi connectivity index (χ2v) is 6.37. The molecule has 1 N–H and O–H groups in total. The van der Waals surface area contributed by atoms with Gasteiger partial charge in [0.2, 0.25) is 5.91 Å². The lowest BCUT2D eigenvalue weighted by Crippen LogP contribution is -2.32. The fourth-order valence-corrected chi connectivity index (χ4v) is 2.56. The maximum absolute atomic E-state index is 12.1. The van der Waals surface area contributed by atoms with Gasteiger partial charge in [0, 0.05) is 25.0 Å². The minimum absolute atomic E-state index is 0.0247. The molecule has 0 bridgehead atoms. The molecule has 0 aliphatic heterocycles. The molecule has 0 radical (unpaired) electrons. The number of nitrogens with one attached hydrogen (secondary N) is 1. The van der Waals surface area contributed by atoms with Crippen molar-refractivity contribution in [1.29, 1.82) is 0 Å². The maximum atomic E-state index is 12.1. The summed E-state index contributed by atoms with van der Waals surface area (Å²) in [5, 5.41) is 11.7. The van der Waals surface area contributed by atoms with Crippen LogP contribution in [0.25, 0.3) is 0 Å². The summed E-state index contributed by atoms with van der Waals surface area (Å²) in [7, 11) is 0. The first kappa shape index (κ1) is 16.7. The van der Waals surface area contributed by atoms with Gasteiger partial charge in [0.25, 0.3) is 0 Å². The van der Waals surface area contributed by atoms with Crippen LogP contribution in [0, 0.1) is 20.8 Å². The number of aryl methyl sites for hydroxylation is 4. The highest BCUT2D eigenvalue weighted by molar-refractivity contribution is 9.10. The van der Waals surface area contributed by atoms with Crippen LogP contribution in [-0.2, 0) is 11.3 Å². The highest BCUT2D eigenvalue weighted by atomic mass is 79.9. The highest BCUT2D eigenvalue weighted by Gasteiger charge is 2.16. The topological polar surface area (TPSA) is 64.7 Å². The average Bonchev–Trinajstić information content (AvgIpc) is 2.96. The molecule has 0 saturated heterocycles. The largest absolute Gasteiger partial charge is 0.354 e. The van der Waals surface area contributed by atoms with Crippen molar-refractivity contribution in [3.05, 3.63) is 33.8 Å². The van der Waals surface area contributed by atoms with Gasteiger partial charge in [-0.2, -0.15) is 10.2 Å². The van der Waals surface area contributed by atoms with Crippen LogP contribution in [0.3, 0.4) is 0 Å². The molecule has 2 heterocycles. The van der Waals surface area contributed by atoms with E-state index in [9.17, 15) is 4.79 Å². The monoisotopic (exact) mass is 367 g/mol. The molecule has 0 aromatic carbocycles. The van der Waals surface area contributed by atoms with E-state index in [0.29, 0.717) is 6.54 Å². The molecule has 120 valence electrons. The number of nitrogens with zero attached hydrogens (tertiary/aromatic N) is 4. The molecule has 1 atom stereocenters. The Hall–Kier alpha value is -1.63. The van der Waals surface area contributed by atoms with Crippen molar-refractivity contribution < 1.29 is 4.79 Å². The lowest BCUT2D eigenvalue weighted by molar-refractivity contribution is -0.124. The molecule has 0 aliphatic carbocycles. The van der Waals surface area contributed by atoms with Crippen molar-refractivity contribution >= 4 is 21.8 Å². The van der Waals surface area contributed by atoms with Crippen LogP contribution in [-0.4, -0.2) is 32.0 Å². The van der Waals surface area contributed by atoms with Crippen molar-refractivity contribution in [3.63, 3.8) is 0 Å². The fourth-order valence-electron chi connectivity index (χ4n) is 2.27. The lowest BCUT2D eigenvalue weighted by atomic mass is 10.3. The molecule has 0 fully saturated rings. The zero-order valence-corrected chi connectivity index (χ0v) is 15.0. The van der Waals surface area contributed by atoms with E-state index in [1.54, 1.807) is 4.68 Å². The van der Waals surface area contributed by atoms with E-state index in [2.05, 4.69) is 37.5 Å². The van der Waals surface area contributed by atoms with Crippen molar-refractivity contribution in [3.8, 4) is 0 Å². The molecule has 2 rings (SSSR count). The predicted molar refractivity (Wildman–Crippen MR) is 88.7 cm³/mol. The average molecular weight is 368 g/mol. The number of halogens is 1. The number of carbonyl (C=O) groups is 1. The number of carbonyl (C=O) groups excluding carboxylic acids is 1. The van der Waals surface area contributed by atoms with Gasteiger partial charge in [0.05, 0.1) is 15.9 Å². The Balaban J connectivity index is 1.79. The standard InChI is InChI=1S/C15H22BrN5O/c1-10-8-11(2)20(18-10)7-5-6-17-15(22)13(4)21-9-14(16)12(3)19-21/h8-9,13H,5-7H2,1-4H3,(H,17,22). The third kappa shape index (κ3) is 3.97. The Morgan fingerprint density at radius 3 is 2.64 bits per heavy atom. The minimum Gasteiger partial charge on any atom is -0.354 e. The first-order valence-electron chi connectivity index (χ1n) is 7.38. The summed E-state index contributed by atoms with van der Waals surface area (Å²) < 4.78 is 4.56. The Kier molecular flexibility index (Phi) is 5.39. The highest BCUT2D eigenvalue weighted by Crippen LogP contribution is 2.16. The van der Waals surface area contributed by atoms with Crippen LogP contribution in [0.2, 0.25) is 0 Å². The third-order valence-electron chi connectivity index (χ3n) is 3.58. The van der Waals surface area contributed by atoms with E-state index in [-0.39, 0.29) is 11.9 Å². The second kappa shape index (κ2) is 7.09. The SMILES string of the molecule is Cc1cc(C)n(CCCNC(=O)C(C)n2cc(Br)c(C)n2)n1. The summed E-state index contributed by atoms with van der Waals surface area (Å²) in [6.45, 7) is 9.20. The van der Waals surface area contributed by atoms with Gasteiger partial charge in [0.1, 0.15) is 6.04 Å². The summed E-state index contributed by atoms with van der Waals surface area (Å²) in [4.78, 5) is 12.1. The van der Waals surface area contributed by atoms with Gasteiger partial charge in [-0.1, -0.05) is 0 Å². The molecule has 1 amide bonds. The number of hydrogen-bond acceptors (Lipinski definition) is 3.